The van der Waals surface area contributed by atoms with Crippen LogP contribution in [0.25, 0.3) is 0 Å². The van der Waals surface area contributed by atoms with E-state index in [0.717, 1.165) is 11.6 Å². The van der Waals surface area contributed by atoms with Crippen molar-refractivity contribution in [3.8, 4) is 0 Å². The van der Waals surface area contributed by atoms with E-state index in [1.54, 1.807) is 12.1 Å². The normalized spacial score (nSPS) is 10.5. The average Bonchev–Trinajstić information content (AvgIpc) is 2.64. The second-order valence-corrected chi connectivity index (χ2v) is 6.05. The summed E-state index contributed by atoms with van der Waals surface area (Å²) in [4.78, 5) is 35.5. The van der Waals surface area contributed by atoms with Gasteiger partial charge in [-0.1, -0.05) is 44.2 Å². The molecule has 0 saturated carbocycles. The zero-order valence-corrected chi connectivity index (χ0v) is 14.6. The first-order valence-electron chi connectivity index (χ1n) is 8.19. The van der Waals surface area contributed by atoms with Gasteiger partial charge in [-0.25, -0.2) is 4.39 Å². The number of esters is 1. The Morgan fingerprint density at radius 1 is 1.04 bits per heavy atom. The number of Topliss-reactive ketones (excluding diaryl/α,β-unsaturated/α-hetero) is 1. The summed E-state index contributed by atoms with van der Waals surface area (Å²) < 4.78 is 17.9. The van der Waals surface area contributed by atoms with Crippen molar-refractivity contribution in [3.63, 3.8) is 0 Å². The number of nitrogens with one attached hydrogen (secondary N) is 1. The minimum atomic E-state index is -0.748. The maximum atomic E-state index is 13.1. The number of rotatable bonds is 7. The van der Waals surface area contributed by atoms with Gasteiger partial charge < -0.3 is 10.1 Å². The molecule has 0 atom stereocenters. The molecule has 0 saturated heterocycles. The molecule has 5 nitrogen and oxygen atoms in total. The Morgan fingerprint density at radius 3 is 2.35 bits per heavy atom. The minimum Gasteiger partial charge on any atom is -0.456 e. The summed E-state index contributed by atoms with van der Waals surface area (Å²) in [7, 11) is 0. The summed E-state index contributed by atoms with van der Waals surface area (Å²) in [6, 6.07) is 12.2. The maximum absolute atomic E-state index is 13.1. The van der Waals surface area contributed by atoms with Crippen LogP contribution in [0.2, 0.25) is 0 Å². The van der Waals surface area contributed by atoms with Gasteiger partial charge in [0.25, 0.3) is 5.91 Å². The van der Waals surface area contributed by atoms with E-state index in [4.69, 9.17) is 4.74 Å². The lowest BCUT2D eigenvalue weighted by Gasteiger charge is -2.08. The van der Waals surface area contributed by atoms with Gasteiger partial charge in [0.15, 0.2) is 12.4 Å². The molecule has 0 aliphatic heterocycles. The van der Waals surface area contributed by atoms with E-state index in [2.05, 4.69) is 19.2 Å². The van der Waals surface area contributed by atoms with E-state index in [1.165, 1.54) is 18.2 Å². The maximum Gasteiger partial charge on any atom is 0.325 e. The highest BCUT2D eigenvalue weighted by atomic mass is 19.1. The van der Waals surface area contributed by atoms with E-state index in [0.29, 0.717) is 11.5 Å². The van der Waals surface area contributed by atoms with Crippen molar-refractivity contribution < 1.29 is 23.5 Å². The van der Waals surface area contributed by atoms with Crippen LogP contribution in [0.15, 0.2) is 48.5 Å². The van der Waals surface area contributed by atoms with Crippen molar-refractivity contribution in [1.29, 1.82) is 0 Å². The molecule has 1 amide bonds. The third kappa shape index (κ3) is 5.51. The van der Waals surface area contributed by atoms with Gasteiger partial charge in [0.1, 0.15) is 12.4 Å². The molecule has 1 N–H and O–H groups in total. The van der Waals surface area contributed by atoms with E-state index < -0.39 is 30.8 Å². The third-order valence-electron chi connectivity index (χ3n) is 3.74. The van der Waals surface area contributed by atoms with Crippen LogP contribution >= 0.6 is 0 Å². The molecule has 2 aromatic rings. The fourth-order valence-electron chi connectivity index (χ4n) is 2.22. The van der Waals surface area contributed by atoms with Crippen LogP contribution in [0, 0.1) is 5.82 Å². The lowest BCUT2D eigenvalue weighted by molar-refractivity contribution is -0.141. The Balaban J connectivity index is 1.79. The summed E-state index contributed by atoms with van der Waals surface area (Å²) in [5.41, 5.74) is 1.66. The Labute approximate surface area is 151 Å². The Morgan fingerprint density at radius 2 is 1.73 bits per heavy atom. The van der Waals surface area contributed by atoms with Crippen LogP contribution in [-0.4, -0.2) is 30.8 Å². The number of benzene rings is 2. The number of carbonyl (C=O) groups is 3. The molecule has 0 aliphatic rings. The van der Waals surface area contributed by atoms with Crippen molar-refractivity contribution >= 4 is 17.7 Å². The minimum absolute atomic E-state index is 0.0964. The van der Waals surface area contributed by atoms with Crippen LogP contribution < -0.4 is 5.32 Å². The molecule has 26 heavy (non-hydrogen) atoms. The Kier molecular flexibility index (Phi) is 6.60. The molecule has 6 heteroatoms. The van der Waals surface area contributed by atoms with Crippen LogP contribution in [0.4, 0.5) is 4.39 Å². The van der Waals surface area contributed by atoms with Crippen molar-refractivity contribution in [1.82, 2.24) is 5.32 Å². The number of hydrogen-bond acceptors (Lipinski definition) is 4. The predicted molar refractivity (Wildman–Crippen MR) is 94.6 cm³/mol. The van der Waals surface area contributed by atoms with E-state index >= 15 is 0 Å². The van der Waals surface area contributed by atoms with Gasteiger partial charge in [0.2, 0.25) is 0 Å². The molecular weight excluding hydrogens is 337 g/mol. The van der Waals surface area contributed by atoms with E-state index in [1.807, 2.05) is 12.1 Å². The summed E-state index contributed by atoms with van der Waals surface area (Å²) in [6.45, 7) is 3.29. The van der Waals surface area contributed by atoms with E-state index in [9.17, 15) is 18.8 Å². The molecular formula is C20H20FNO4. The molecule has 0 aliphatic carbocycles. The van der Waals surface area contributed by atoms with Gasteiger partial charge in [-0.3, -0.25) is 14.4 Å². The topological polar surface area (TPSA) is 72.5 Å². The average molecular weight is 357 g/mol. The zero-order valence-electron chi connectivity index (χ0n) is 14.6. The molecule has 0 spiro atoms. The first kappa shape index (κ1) is 19.3. The van der Waals surface area contributed by atoms with Crippen molar-refractivity contribution in [2.45, 2.75) is 19.8 Å². The van der Waals surface area contributed by atoms with Crippen molar-refractivity contribution in [3.05, 3.63) is 71.0 Å². The monoisotopic (exact) mass is 357 g/mol. The predicted octanol–water partition coefficient (Wildman–Crippen LogP) is 3.11. The number of hydrogen-bond donors (Lipinski definition) is 1. The molecule has 0 unspecified atom stereocenters. The number of ketones is 1. The summed E-state index contributed by atoms with van der Waals surface area (Å²) >= 11 is 0. The van der Waals surface area contributed by atoms with Gasteiger partial charge in [-0.05, 0) is 29.7 Å². The van der Waals surface area contributed by atoms with Crippen molar-refractivity contribution in [2.75, 3.05) is 13.2 Å². The van der Waals surface area contributed by atoms with Gasteiger partial charge >= 0.3 is 5.97 Å². The second-order valence-electron chi connectivity index (χ2n) is 6.05. The molecule has 0 heterocycles. The molecule has 2 rings (SSSR count). The summed E-state index contributed by atoms with van der Waals surface area (Å²) in [5, 5.41) is 2.32. The number of ether oxygens (including phenoxy) is 1. The Bertz CT molecular complexity index is 800. The van der Waals surface area contributed by atoms with Gasteiger partial charge in [-0.15, -0.1) is 0 Å². The lowest BCUT2D eigenvalue weighted by Crippen LogP contribution is -2.31. The molecule has 0 radical (unpaired) electrons. The number of amides is 1. The number of carbonyl (C=O) groups excluding carboxylic acids is 3. The molecule has 0 fully saturated rings. The second kappa shape index (κ2) is 8.89. The highest BCUT2D eigenvalue weighted by Gasteiger charge is 2.12. The zero-order chi connectivity index (χ0) is 19.1. The van der Waals surface area contributed by atoms with Crippen molar-refractivity contribution in [2.24, 2.45) is 0 Å². The third-order valence-corrected chi connectivity index (χ3v) is 3.74. The van der Waals surface area contributed by atoms with Crippen LogP contribution in [0.5, 0.6) is 0 Å². The standard InChI is InChI=1S/C20H20FNO4/c1-13(2)14-6-8-15(9-7-14)18(23)12-26-19(24)11-22-20(25)16-4-3-5-17(21)10-16/h3-10,13H,11-12H2,1-2H3,(H,22,25). The fourth-order valence-corrected chi connectivity index (χ4v) is 2.22. The summed E-state index contributed by atoms with van der Waals surface area (Å²) in [6.07, 6.45) is 0. The smallest absolute Gasteiger partial charge is 0.325 e. The fraction of sp³-hybridized carbons (Fsp3) is 0.250. The Hall–Kier alpha value is -3.02. The molecule has 0 aromatic heterocycles. The van der Waals surface area contributed by atoms with Crippen LogP contribution in [0.3, 0.4) is 0 Å². The first-order valence-corrected chi connectivity index (χ1v) is 8.19. The lowest BCUT2D eigenvalue weighted by atomic mass is 10.0. The molecule has 136 valence electrons. The number of halogens is 1. The molecule has 0 bridgehead atoms. The van der Waals surface area contributed by atoms with Gasteiger partial charge in [0, 0.05) is 11.1 Å². The highest BCUT2D eigenvalue weighted by molar-refractivity contribution is 5.98. The summed E-state index contributed by atoms with van der Waals surface area (Å²) in [5.74, 6) is -1.86. The van der Waals surface area contributed by atoms with Crippen LogP contribution in [0.1, 0.15) is 46.0 Å². The van der Waals surface area contributed by atoms with Gasteiger partial charge in [0.05, 0.1) is 0 Å². The largest absolute Gasteiger partial charge is 0.456 e. The SMILES string of the molecule is CC(C)c1ccc(C(=O)COC(=O)CNC(=O)c2cccc(F)c2)cc1. The highest BCUT2D eigenvalue weighted by Crippen LogP contribution is 2.15. The van der Waals surface area contributed by atoms with E-state index in [-0.39, 0.29) is 11.3 Å². The first-order chi connectivity index (χ1) is 12.4. The quantitative estimate of drug-likeness (QED) is 0.610. The van der Waals surface area contributed by atoms with Crippen LogP contribution in [-0.2, 0) is 9.53 Å². The molecule has 2 aromatic carbocycles. The van der Waals surface area contributed by atoms with Gasteiger partial charge in [-0.2, -0.15) is 0 Å².